The summed E-state index contributed by atoms with van der Waals surface area (Å²) in [7, 11) is 1.78. The first-order valence-electron chi connectivity index (χ1n) is 5.89. The molecule has 6 heteroatoms. The van der Waals surface area contributed by atoms with Crippen molar-refractivity contribution in [2.75, 3.05) is 0 Å². The number of esters is 1. The van der Waals surface area contributed by atoms with Gasteiger partial charge in [-0.3, -0.25) is 9.67 Å². The van der Waals surface area contributed by atoms with E-state index in [1.807, 2.05) is 24.3 Å². The molecule has 0 aliphatic rings. The molecule has 3 rings (SSSR count). The van der Waals surface area contributed by atoms with Crippen molar-refractivity contribution in [3.05, 3.63) is 53.4 Å². The molecule has 3 aromatic rings. The summed E-state index contributed by atoms with van der Waals surface area (Å²) >= 11 is 5.80. The maximum Gasteiger partial charge on any atom is 0.364 e. The first kappa shape index (κ1) is 12.6. The lowest BCUT2D eigenvalue weighted by molar-refractivity contribution is 0.0729. The smallest absolute Gasteiger partial charge is 0.364 e. The molecular formula is C14H10ClN3O2. The minimum atomic E-state index is -0.536. The highest BCUT2D eigenvalue weighted by Gasteiger charge is 2.18. The predicted molar refractivity (Wildman–Crippen MR) is 74.9 cm³/mol. The van der Waals surface area contributed by atoms with Gasteiger partial charge >= 0.3 is 5.97 Å². The second kappa shape index (κ2) is 4.94. The summed E-state index contributed by atoms with van der Waals surface area (Å²) in [6.07, 6.45) is 2.89. The Kier molecular flexibility index (Phi) is 3.12. The number of nitrogens with zero attached hydrogens (tertiary/aromatic N) is 3. The van der Waals surface area contributed by atoms with Crippen molar-refractivity contribution in [2.45, 2.75) is 0 Å². The lowest BCUT2D eigenvalue weighted by atomic mass is 10.2. The summed E-state index contributed by atoms with van der Waals surface area (Å²) < 4.78 is 6.88. The molecular weight excluding hydrogens is 278 g/mol. The van der Waals surface area contributed by atoms with Gasteiger partial charge in [0.25, 0.3) is 0 Å². The van der Waals surface area contributed by atoms with E-state index in [0.29, 0.717) is 5.02 Å². The number of benzene rings is 1. The Labute approximate surface area is 119 Å². The molecule has 0 aliphatic heterocycles. The number of fused-ring (bicyclic) bond motifs is 1. The Balaban J connectivity index is 1.97. The second-order valence-electron chi connectivity index (χ2n) is 4.22. The average Bonchev–Trinajstić information content (AvgIpc) is 2.77. The third-order valence-corrected chi connectivity index (χ3v) is 3.05. The van der Waals surface area contributed by atoms with Gasteiger partial charge in [0.05, 0.1) is 16.7 Å². The van der Waals surface area contributed by atoms with Gasteiger partial charge in [0.15, 0.2) is 11.4 Å². The van der Waals surface area contributed by atoms with Crippen LogP contribution in [-0.2, 0) is 7.05 Å². The van der Waals surface area contributed by atoms with Crippen LogP contribution < -0.4 is 4.74 Å². The molecule has 2 heterocycles. The zero-order chi connectivity index (χ0) is 14.1. The lowest BCUT2D eigenvalue weighted by Crippen LogP contribution is -2.10. The number of hydrogen-bond acceptors (Lipinski definition) is 4. The van der Waals surface area contributed by atoms with E-state index in [9.17, 15) is 4.79 Å². The molecule has 0 fully saturated rings. The van der Waals surface area contributed by atoms with Gasteiger partial charge in [-0.25, -0.2) is 4.79 Å². The van der Waals surface area contributed by atoms with Gasteiger partial charge in [0, 0.05) is 24.7 Å². The number of halogens is 1. The number of carbonyl (C=O) groups excluding carboxylic acids is 1. The number of aromatic nitrogens is 3. The number of aryl methyl sites for hydroxylation is 1. The Hall–Kier alpha value is -2.40. The highest BCUT2D eigenvalue weighted by molar-refractivity contribution is 6.30. The molecule has 0 spiro atoms. The van der Waals surface area contributed by atoms with Crippen LogP contribution in [0.5, 0.6) is 5.75 Å². The van der Waals surface area contributed by atoms with E-state index >= 15 is 0 Å². The fraction of sp³-hybridized carbons (Fsp3) is 0.0714. The van der Waals surface area contributed by atoms with Crippen molar-refractivity contribution in [3.63, 3.8) is 0 Å². The van der Waals surface area contributed by atoms with Crippen LogP contribution in [0.4, 0.5) is 0 Å². The van der Waals surface area contributed by atoms with E-state index < -0.39 is 5.97 Å². The summed E-state index contributed by atoms with van der Waals surface area (Å²) in [6.45, 7) is 0. The van der Waals surface area contributed by atoms with E-state index in [-0.39, 0.29) is 11.4 Å². The predicted octanol–water partition coefficient (Wildman–Crippen LogP) is 2.84. The van der Waals surface area contributed by atoms with Crippen LogP contribution in [0.15, 0.2) is 42.7 Å². The third kappa shape index (κ3) is 2.23. The largest absolute Gasteiger partial charge is 0.420 e. The molecule has 0 N–H and O–H groups in total. The molecule has 0 bridgehead atoms. The zero-order valence-electron chi connectivity index (χ0n) is 10.6. The highest BCUT2D eigenvalue weighted by Crippen LogP contribution is 2.20. The molecule has 20 heavy (non-hydrogen) atoms. The van der Waals surface area contributed by atoms with Crippen molar-refractivity contribution in [1.82, 2.24) is 14.8 Å². The van der Waals surface area contributed by atoms with E-state index in [2.05, 4.69) is 10.1 Å². The van der Waals surface area contributed by atoms with E-state index in [0.717, 1.165) is 10.9 Å². The Morgan fingerprint density at radius 1 is 1.30 bits per heavy atom. The summed E-state index contributed by atoms with van der Waals surface area (Å²) in [5.74, 6) is -0.247. The van der Waals surface area contributed by atoms with Crippen molar-refractivity contribution < 1.29 is 9.53 Å². The van der Waals surface area contributed by atoms with Crippen LogP contribution in [0.25, 0.3) is 10.9 Å². The fourth-order valence-corrected chi connectivity index (χ4v) is 2.13. The van der Waals surface area contributed by atoms with Crippen LogP contribution >= 0.6 is 11.6 Å². The van der Waals surface area contributed by atoms with Crippen molar-refractivity contribution in [3.8, 4) is 5.75 Å². The number of para-hydroxylation sites is 1. The first-order valence-corrected chi connectivity index (χ1v) is 6.27. The van der Waals surface area contributed by atoms with Gasteiger partial charge in [0.2, 0.25) is 0 Å². The van der Waals surface area contributed by atoms with Crippen LogP contribution in [0.3, 0.4) is 0 Å². The van der Waals surface area contributed by atoms with Crippen molar-refractivity contribution >= 4 is 28.5 Å². The highest BCUT2D eigenvalue weighted by atomic mass is 35.5. The van der Waals surface area contributed by atoms with E-state index in [4.69, 9.17) is 16.3 Å². The number of carbonyl (C=O) groups is 1. The Morgan fingerprint density at radius 2 is 2.10 bits per heavy atom. The average molecular weight is 288 g/mol. The summed E-state index contributed by atoms with van der Waals surface area (Å²) in [6, 6.07) is 8.98. The van der Waals surface area contributed by atoms with E-state index in [1.165, 1.54) is 18.5 Å². The van der Waals surface area contributed by atoms with Crippen LogP contribution in [-0.4, -0.2) is 20.7 Å². The summed E-state index contributed by atoms with van der Waals surface area (Å²) in [5.41, 5.74) is 1.13. The number of pyridine rings is 1. The van der Waals surface area contributed by atoms with E-state index in [1.54, 1.807) is 11.7 Å². The number of rotatable bonds is 2. The molecule has 0 radical (unpaired) electrons. The van der Waals surface area contributed by atoms with Crippen molar-refractivity contribution in [1.29, 1.82) is 0 Å². The number of hydrogen-bond donors (Lipinski definition) is 0. The molecule has 5 nitrogen and oxygen atoms in total. The van der Waals surface area contributed by atoms with Crippen LogP contribution in [0, 0.1) is 0 Å². The molecule has 0 amide bonds. The van der Waals surface area contributed by atoms with Gasteiger partial charge in [-0.1, -0.05) is 29.8 Å². The molecule has 0 saturated heterocycles. The van der Waals surface area contributed by atoms with Gasteiger partial charge in [-0.15, -0.1) is 0 Å². The second-order valence-corrected chi connectivity index (χ2v) is 4.65. The van der Waals surface area contributed by atoms with Gasteiger partial charge in [-0.2, -0.15) is 5.10 Å². The third-order valence-electron chi connectivity index (χ3n) is 2.84. The molecule has 0 saturated carbocycles. The normalized spacial score (nSPS) is 10.7. The molecule has 0 atom stereocenters. The molecule has 1 aromatic carbocycles. The molecule has 2 aromatic heterocycles. The van der Waals surface area contributed by atoms with Crippen LogP contribution in [0.2, 0.25) is 5.02 Å². The monoisotopic (exact) mass is 287 g/mol. The van der Waals surface area contributed by atoms with Crippen LogP contribution in [0.1, 0.15) is 10.5 Å². The molecule has 0 unspecified atom stereocenters. The summed E-state index contributed by atoms with van der Waals surface area (Å²) in [5, 5.41) is 5.35. The minimum absolute atomic E-state index is 0.267. The fourth-order valence-electron chi connectivity index (χ4n) is 1.97. The van der Waals surface area contributed by atoms with Gasteiger partial charge < -0.3 is 4.74 Å². The topological polar surface area (TPSA) is 57.0 Å². The molecule has 100 valence electrons. The zero-order valence-corrected chi connectivity index (χ0v) is 11.3. The SMILES string of the molecule is Cn1nc(C(=O)Oc2cncc(Cl)c2)c2ccccc21. The molecule has 0 aliphatic carbocycles. The Bertz CT molecular complexity index is 798. The van der Waals surface area contributed by atoms with Gasteiger partial charge in [0.1, 0.15) is 0 Å². The maximum atomic E-state index is 12.2. The van der Waals surface area contributed by atoms with Gasteiger partial charge in [-0.05, 0) is 6.07 Å². The maximum absolute atomic E-state index is 12.2. The standard InChI is InChI=1S/C14H10ClN3O2/c1-18-12-5-3-2-4-11(12)13(17-18)14(19)20-10-6-9(15)7-16-8-10/h2-8H,1H3. The quantitative estimate of drug-likeness (QED) is 0.680. The van der Waals surface area contributed by atoms with Crippen molar-refractivity contribution in [2.24, 2.45) is 7.05 Å². The minimum Gasteiger partial charge on any atom is -0.420 e. The first-order chi connectivity index (χ1) is 9.65. The summed E-state index contributed by atoms with van der Waals surface area (Å²) in [4.78, 5) is 16.0. The lowest BCUT2D eigenvalue weighted by Gasteiger charge is -2.02. The Morgan fingerprint density at radius 3 is 2.90 bits per heavy atom. The number of ether oxygens (including phenoxy) is 1.